The van der Waals surface area contributed by atoms with E-state index in [-0.39, 0.29) is 29.1 Å². The summed E-state index contributed by atoms with van der Waals surface area (Å²) in [5, 5.41) is 10.5. The number of carbonyl (C=O) groups excluding carboxylic acids is 1. The van der Waals surface area contributed by atoms with Crippen molar-refractivity contribution < 1.29 is 4.79 Å². The average molecular weight is 363 g/mol. The molecule has 0 saturated heterocycles. The van der Waals surface area contributed by atoms with Crippen LogP contribution in [0.1, 0.15) is 61.3 Å². The van der Waals surface area contributed by atoms with Crippen LogP contribution >= 0.6 is 0 Å². The molecule has 140 valence electrons. The lowest BCUT2D eigenvalue weighted by atomic mass is 9.93. The predicted octanol–water partition coefficient (Wildman–Crippen LogP) is 4.17. The largest absolute Gasteiger partial charge is 0.344 e. The number of fused-ring (bicyclic) bond motifs is 1. The highest BCUT2D eigenvalue weighted by atomic mass is 16.2. The molecule has 0 bridgehead atoms. The first-order valence-corrected chi connectivity index (χ1v) is 9.26. The van der Waals surface area contributed by atoms with Crippen LogP contribution in [0.5, 0.6) is 0 Å². The molecule has 5 nitrogen and oxygen atoms in total. The van der Waals surface area contributed by atoms with Crippen molar-refractivity contribution in [2.75, 3.05) is 0 Å². The number of rotatable bonds is 5. The van der Waals surface area contributed by atoms with Gasteiger partial charge in [-0.25, -0.2) is 5.10 Å². The van der Waals surface area contributed by atoms with Crippen molar-refractivity contribution in [1.29, 1.82) is 0 Å². The first-order valence-electron chi connectivity index (χ1n) is 9.26. The molecule has 0 radical (unpaired) electrons. The molecule has 2 N–H and O–H groups in total. The molecule has 3 rings (SSSR count). The second-order valence-electron chi connectivity index (χ2n) is 7.46. The van der Waals surface area contributed by atoms with Gasteiger partial charge in [-0.15, -0.1) is 0 Å². The molecule has 3 aromatic rings. The van der Waals surface area contributed by atoms with Crippen LogP contribution in [0.3, 0.4) is 0 Å². The Hall–Kier alpha value is -2.95. The quantitative estimate of drug-likeness (QED) is 0.714. The summed E-state index contributed by atoms with van der Waals surface area (Å²) >= 11 is 0. The lowest BCUT2D eigenvalue weighted by molar-refractivity contribution is 0.0921. The first kappa shape index (κ1) is 18.8. The number of H-pyrrole nitrogens is 1. The van der Waals surface area contributed by atoms with Gasteiger partial charge < -0.3 is 5.32 Å². The zero-order valence-corrected chi connectivity index (χ0v) is 16.1. The minimum Gasteiger partial charge on any atom is -0.344 e. The third-order valence-corrected chi connectivity index (χ3v) is 4.83. The van der Waals surface area contributed by atoms with E-state index in [2.05, 4.69) is 67.5 Å². The molecule has 1 heterocycles. The van der Waals surface area contributed by atoms with E-state index in [1.807, 2.05) is 0 Å². The lowest BCUT2D eigenvalue weighted by Crippen LogP contribution is -2.33. The highest BCUT2D eigenvalue weighted by molar-refractivity contribution is 6.04. The highest BCUT2D eigenvalue weighted by Gasteiger charge is 2.22. The number of hydrogen-bond donors (Lipinski definition) is 2. The van der Waals surface area contributed by atoms with Crippen molar-refractivity contribution >= 4 is 16.7 Å². The topological polar surface area (TPSA) is 74.8 Å². The molecule has 0 aliphatic rings. The summed E-state index contributed by atoms with van der Waals surface area (Å²) in [5.41, 5.74) is 2.25. The van der Waals surface area contributed by atoms with Gasteiger partial charge >= 0.3 is 0 Å². The van der Waals surface area contributed by atoms with E-state index < -0.39 is 0 Å². The number of nitrogens with one attached hydrogen (secondary N) is 2. The molecular formula is C22H25N3O2. The van der Waals surface area contributed by atoms with Gasteiger partial charge in [-0.3, -0.25) is 9.59 Å². The Morgan fingerprint density at radius 1 is 0.926 bits per heavy atom. The molecule has 0 fully saturated rings. The fraction of sp³-hybridized carbons (Fsp3) is 0.318. The first-order chi connectivity index (χ1) is 12.9. The fourth-order valence-electron chi connectivity index (χ4n) is 3.22. The molecular weight excluding hydrogens is 338 g/mol. The molecule has 0 spiro atoms. The molecule has 1 atom stereocenters. The zero-order valence-electron chi connectivity index (χ0n) is 16.1. The van der Waals surface area contributed by atoms with Crippen LogP contribution in [0.25, 0.3) is 10.8 Å². The molecule has 1 amide bonds. The zero-order chi connectivity index (χ0) is 19.6. The summed E-state index contributed by atoms with van der Waals surface area (Å²) in [4.78, 5) is 24.9. The van der Waals surface area contributed by atoms with Crippen molar-refractivity contribution in [3.63, 3.8) is 0 Å². The molecule has 0 aliphatic heterocycles. The maximum absolute atomic E-state index is 12.9. The average Bonchev–Trinajstić information content (AvgIpc) is 2.66. The van der Waals surface area contributed by atoms with E-state index >= 15 is 0 Å². The highest BCUT2D eigenvalue weighted by Crippen LogP contribution is 2.25. The van der Waals surface area contributed by atoms with Gasteiger partial charge in [0.1, 0.15) is 0 Å². The number of aromatic amines is 1. The summed E-state index contributed by atoms with van der Waals surface area (Å²) in [6.45, 7) is 8.45. The third kappa shape index (κ3) is 3.92. The minimum atomic E-state index is -0.299. The van der Waals surface area contributed by atoms with Gasteiger partial charge in [-0.1, -0.05) is 70.2 Å². The van der Waals surface area contributed by atoms with Crippen LogP contribution in [-0.4, -0.2) is 16.1 Å². The second-order valence-corrected chi connectivity index (χ2v) is 7.46. The molecule has 27 heavy (non-hydrogen) atoms. The summed E-state index contributed by atoms with van der Waals surface area (Å²) in [5.74, 6) is 0.366. The Bertz CT molecular complexity index is 1000. The summed E-state index contributed by atoms with van der Waals surface area (Å²) in [6.07, 6.45) is 0. The lowest BCUT2D eigenvalue weighted by Gasteiger charge is -2.23. The van der Waals surface area contributed by atoms with E-state index in [9.17, 15) is 9.59 Å². The van der Waals surface area contributed by atoms with Crippen molar-refractivity contribution in [2.24, 2.45) is 5.92 Å². The Balaban J connectivity index is 1.93. The number of nitrogens with zero attached hydrogens (tertiary/aromatic N) is 1. The van der Waals surface area contributed by atoms with Gasteiger partial charge in [0.05, 0.1) is 11.4 Å². The number of benzene rings is 2. The Labute approximate surface area is 158 Å². The minimum absolute atomic E-state index is 0.147. The van der Waals surface area contributed by atoms with Crippen molar-refractivity contribution in [3.05, 3.63) is 75.7 Å². The van der Waals surface area contributed by atoms with Crippen LogP contribution in [0.2, 0.25) is 0 Å². The van der Waals surface area contributed by atoms with E-state index in [1.165, 1.54) is 5.56 Å². The molecule has 2 aromatic carbocycles. The van der Waals surface area contributed by atoms with Gasteiger partial charge in [-0.2, -0.15) is 5.10 Å². The van der Waals surface area contributed by atoms with Crippen LogP contribution in [0.15, 0.2) is 53.3 Å². The van der Waals surface area contributed by atoms with E-state index in [0.717, 1.165) is 5.56 Å². The van der Waals surface area contributed by atoms with Gasteiger partial charge in [0, 0.05) is 5.39 Å². The number of hydrogen-bond acceptors (Lipinski definition) is 3. The van der Waals surface area contributed by atoms with Crippen LogP contribution < -0.4 is 10.9 Å². The number of aromatic nitrogens is 2. The van der Waals surface area contributed by atoms with E-state index in [1.54, 1.807) is 24.3 Å². The SMILES string of the molecule is CC(C)c1ccc([C@H](NC(=O)c2n[nH]c(=O)c3ccccc23)C(C)C)cc1. The number of amides is 1. The Morgan fingerprint density at radius 3 is 2.11 bits per heavy atom. The van der Waals surface area contributed by atoms with Crippen LogP contribution in [0, 0.1) is 5.92 Å². The predicted molar refractivity (Wildman–Crippen MR) is 108 cm³/mol. The summed E-state index contributed by atoms with van der Waals surface area (Å²) in [6, 6.07) is 15.2. The van der Waals surface area contributed by atoms with Crippen molar-refractivity contribution in [1.82, 2.24) is 15.5 Å². The van der Waals surface area contributed by atoms with E-state index in [0.29, 0.717) is 16.7 Å². The molecule has 1 aromatic heterocycles. The third-order valence-electron chi connectivity index (χ3n) is 4.83. The van der Waals surface area contributed by atoms with Crippen molar-refractivity contribution in [2.45, 2.75) is 39.7 Å². The smallest absolute Gasteiger partial charge is 0.272 e. The van der Waals surface area contributed by atoms with Gasteiger partial charge in [0.15, 0.2) is 5.69 Å². The Kier molecular flexibility index (Phi) is 5.40. The van der Waals surface area contributed by atoms with Crippen molar-refractivity contribution in [3.8, 4) is 0 Å². The molecule has 0 aliphatic carbocycles. The molecule has 0 saturated carbocycles. The van der Waals surface area contributed by atoms with E-state index in [4.69, 9.17) is 0 Å². The monoisotopic (exact) mass is 363 g/mol. The maximum atomic E-state index is 12.9. The summed E-state index contributed by atoms with van der Waals surface area (Å²) < 4.78 is 0. The van der Waals surface area contributed by atoms with Gasteiger partial charge in [0.25, 0.3) is 11.5 Å². The van der Waals surface area contributed by atoms with Gasteiger partial charge in [0.2, 0.25) is 0 Å². The maximum Gasteiger partial charge on any atom is 0.272 e. The van der Waals surface area contributed by atoms with Crippen LogP contribution in [0.4, 0.5) is 0 Å². The van der Waals surface area contributed by atoms with Crippen LogP contribution in [-0.2, 0) is 0 Å². The second kappa shape index (κ2) is 7.74. The molecule has 0 unspecified atom stereocenters. The number of carbonyl (C=O) groups is 1. The normalized spacial score (nSPS) is 12.5. The van der Waals surface area contributed by atoms with Gasteiger partial charge in [-0.05, 0) is 29.0 Å². The Morgan fingerprint density at radius 2 is 1.52 bits per heavy atom. The molecule has 5 heteroatoms. The summed E-state index contributed by atoms with van der Waals surface area (Å²) in [7, 11) is 0. The standard InChI is InChI=1S/C22H25N3O2/c1-13(2)15-9-11-16(12-10-15)19(14(3)4)23-22(27)20-17-7-5-6-8-18(17)21(26)25-24-20/h5-14,19H,1-4H3,(H,23,27)(H,25,26)/t19-/m1/s1. The fourth-order valence-corrected chi connectivity index (χ4v) is 3.22.